The molecule has 0 bridgehead atoms. The predicted molar refractivity (Wildman–Crippen MR) is 120 cm³/mol. The highest BCUT2D eigenvalue weighted by molar-refractivity contribution is 5.93. The first-order valence-corrected chi connectivity index (χ1v) is 11.5. The molecule has 178 valence electrons. The molecule has 2 amide bonds. The molecule has 2 saturated heterocycles. The molecule has 0 aliphatic carbocycles. The zero-order chi connectivity index (χ0) is 23.2. The van der Waals surface area contributed by atoms with E-state index in [-0.39, 0.29) is 30.0 Å². The maximum atomic E-state index is 13.4. The van der Waals surface area contributed by atoms with Gasteiger partial charge in [0, 0.05) is 45.3 Å². The van der Waals surface area contributed by atoms with Gasteiger partial charge in [-0.3, -0.25) is 9.59 Å². The summed E-state index contributed by atoms with van der Waals surface area (Å²) in [4.78, 5) is 29.5. The van der Waals surface area contributed by atoms with Gasteiger partial charge in [0.25, 0.3) is 5.91 Å². The largest absolute Gasteiger partial charge is 0.497 e. The monoisotopic (exact) mass is 457 g/mol. The van der Waals surface area contributed by atoms with Crippen LogP contribution in [0.15, 0.2) is 28.8 Å². The second kappa shape index (κ2) is 10.7. The molecule has 0 unspecified atom stereocenters. The Morgan fingerprint density at radius 1 is 1.15 bits per heavy atom. The van der Waals surface area contributed by atoms with Crippen LogP contribution in [0.2, 0.25) is 0 Å². The summed E-state index contributed by atoms with van der Waals surface area (Å²) in [5.74, 6) is 1.42. The van der Waals surface area contributed by atoms with Crippen LogP contribution in [0.4, 0.5) is 0 Å². The fraction of sp³-hybridized carbons (Fsp3) is 0.542. The van der Waals surface area contributed by atoms with Crippen molar-refractivity contribution in [2.75, 3.05) is 47.0 Å². The Hall–Kier alpha value is -3.07. The van der Waals surface area contributed by atoms with Gasteiger partial charge in [-0.2, -0.15) is 0 Å². The fourth-order valence-corrected chi connectivity index (χ4v) is 4.34. The molecule has 4 rings (SSSR count). The number of likely N-dealkylation sites (tertiary alicyclic amines) is 1. The van der Waals surface area contributed by atoms with Crippen LogP contribution in [0.1, 0.15) is 42.6 Å². The van der Waals surface area contributed by atoms with Gasteiger partial charge in [-0.1, -0.05) is 5.16 Å². The molecule has 1 aromatic heterocycles. The quantitative estimate of drug-likeness (QED) is 0.571. The summed E-state index contributed by atoms with van der Waals surface area (Å²) >= 11 is 0. The van der Waals surface area contributed by atoms with E-state index >= 15 is 0 Å². The minimum atomic E-state index is -0.281. The third-order valence-electron chi connectivity index (χ3n) is 6.19. The molecule has 0 spiro atoms. The third-order valence-corrected chi connectivity index (χ3v) is 6.19. The molecule has 0 radical (unpaired) electrons. The van der Waals surface area contributed by atoms with Crippen molar-refractivity contribution in [3.8, 4) is 22.8 Å². The van der Waals surface area contributed by atoms with Crippen LogP contribution >= 0.6 is 0 Å². The molecule has 2 aromatic rings. The van der Waals surface area contributed by atoms with Crippen molar-refractivity contribution < 1.29 is 28.3 Å². The van der Waals surface area contributed by atoms with Gasteiger partial charge in [-0.25, -0.2) is 0 Å². The summed E-state index contributed by atoms with van der Waals surface area (Å²) in [7, 11) is 3.14. The van der Waals surface area contributed by atoms with Crippen molar-refractivity contribution in [1.82, 2.24) is 15.0 Å². The van der Waals surface area contributed by atoms with Crippen LogP contribution in [0, 0.1) is 0 Å². The Labute approximate surface area is 193 Å². The first kappa shape index (κ1) is 23.1. The molecule has 9 heteroatoms. The maximum absolute atomic E-state index is 13.4. The number of carbonyl (C=O) groups excluding carboxylic acids is 2. The number of nitrogens with zero attached hydrogens (tertiary/aromatic N) is 3. The van der Waals surface area contributed by atoms with Crippen molar-refractivity contribution in [3.63, 3.8) is 0 Å². The van der Waals surface area contributed by atoms with E-state index in [1.807, 2.05) is 4.90 Å². The minimum Gasteiger partial charge on any atom is -0.497 e. The predicted octanol–water partition coefficient (Wildman–Crippen LogP) is 2.99. The molecule has 2 fully saturated rings. The summed E-state index contributed by atoms with van der Waals surface area (Å²) in [5, 5.41) is 4.02. The molecule has 1 aromatic carbocycles. The van der Waals surface area contributed by atoms with E-state index in [1.165, 1.54) is 0 Å². The highest BCUT2D eigenvalue weighted by Gasteiger charge is 2.28. The third kappa shape index (κ3) is 5.47. The fourth-order valence-electron chi connectivity index (χ4n) is 4.34. The smallest absolute Gasteiger partial charge is 0.276 e. The lowest BCUT2D eigenvalue weighted by atomic mass is 10.1. The molecule has 2 aliphatic rings. The maximum Gasteiger partial charge on any atom is 0.276 e. The van der Waals surface area contributed by atoms with Crippen molar-refractivity contribution in [2.45, 2.75) is 38.2 Å². The van der Waals surface area contributed by atoms with Gasteiger partial charge in [0.2, 0.25) is 5.91 Å². The van der Waals surface area contributed by atoms with E-state index in [4.69, 9.17) is 18.7 Å². The van der Waals surface area contributed by atoms with Crippen molar-refractivity contribution in [3.05, 3.63) is 30.0 Å². The molecular weight excluding hydrogens is 426 g/mol. The van der Waals surface area contributed by atoms with E-state index in [0.29, 0.717) is 42.5 Å². The molecule has 0 saturated carbocycles. The van der Waals surface area contributed by atoms with E-state index in [2.05, 4.69) is 5.16 Å². The van der Waals surface area contributed by atoms with Gasteiger partial charge in [-0.05, 0) is 43.9 Å². The molecule has 0 N–H and O–H groups in total. The standard InChI is InChI=1S/C24H31N3O6/c1-30-17-7-8-21(31-2)19(14-17)22-15-20(25-33-22)24(29)27(16-18-6-5-13-32-18)12-9-23(28)26-10-3-4-11-26/h7-8,14-15,18H,3-6,9-13,16H2,1-2H3/t18-/m1/s1. The summed E-state index contributed by atoms with van der Waals surface area (Å²) in [6, 6.07) is 6.92. The summed E-state index contributed by atoms with van der Waals surface area (Å²) in [6.45, 7) is 3.04. The first-order chi connectivity index (χ1) is 16.1. The Morgan fingerprint density at radius 3 is 2.67 bits per heavy atom. The number of aromatic nitrogens is 1. The average molecular weight is 458 g/mol. The van der Waals surface area contributed by atoms with Crippen LogP contribution in [0.25, 0.3) is 11.3 Å². The molecule has 3 heterocycles. The zero-order valence-corrected chi connectivity index (χ0v) is 19.2. The molecule has 9 nitrogen and oxygen atoms in total. The number of methoxy groups -OCH3 is 2. The Morgan fingerprint density at radius 2 is 1.97 bits per heavy atom. The van der Waals surface area contributed by atoms with Gasteiger partial charge >= 0.3 is 0 Å². The number of hydrogen-bond acceptors (Lipinski definition) is 7. The molecular formula is C24H31N3O6. The number of benzene rings is 1. The van der Waals surface area contributed by atoms with Crippen LogP contribution in [-0.2, 0) is 9.53 Å². The molecule has 2 aliphatic heterocycles. The van der Waals surface area contributed by atoms with Gasteiger partial charge in [0.1, 0.15) is 11.5 Å². The SMILES string of the molecule is COc1ccc(OC)c(-c2cc(C(=O)N(CCC(=O)N3CCCC3)C[C@H]3CCCO3)no2)c1. The normalized spacial score (nSPS) is 17.9. The minimum absolute atomic E-state index is 0.0271. The zero-order valence-electron chi connectivity index (χ0n) is 19.2. The lowest BCUT2D eigenvalue weighted by Gasteiger charge is -2.25. The molecule has 1 atom stereocenters. The van der Waals surface area contributed by atoms with E-state index < -0.39 is 0 Å². The Bertz CT molecular complexity index is 963. The number of carbonyl (C=O) groups is 2. The van der Waals surface area contributed by atoms with Gasteiger partial charge < -0.3 is 28.5 Å². The highest BCUT2D eigenvalue weighted by Crippen LogP contribution is 2.34. The average Bonchev–Trinajstić information content (AvgIpc) is 3.63. The van der Waals surface area contributed by atoms with Crippen LogP contribution < -0.4 is 9.47 Å². The molecule has 33 heavy (non-hydrogen) atoms. The lowest BCUT2D eigenvalue weighted by Crippen LogP contribution is -2.40. The number of amides is 2. The Balaban J connectivity index is 1.51. The van der Waals surface area contributed by atoms with Gasteiger partial charge in [-0.15, -0.1) is 0 Å². The van der Waals surface area contributed by atoms with Crippen molar-refractivity contribution in [1.29, 1.82) is 0 Å². The van der Waals surface area contributed by atoms with Gasteiger partial charge in [0.05, 0.1) is 25.9 Å². The summed E-state index contributed by atoms with van der Waals surface area (Å²) in [5.41, 5.74) is 0.819. The van der Waals surface area contributed by atoms with Crippen LogP contribution in [-0.4, -0.2) is 79.9 Å². The van der Waals surface area contributed by atoms with Crippen molar-refractivity contribution >= 4 is 11.8 Å². The topological polar surface area (TPSA) is 94.3 Å². The van der Waals surface area contributed by atoms with E-state index in [1.54, 1.807) is 43.4 Å². The second-order valence-electron chi connectivity index (χ2n) is 8.37. The second-order valence-corrected chi connectivity index (χ2v) is 8.37. The highest BCUT2D eigenvalue weighted by atomic mass is 16.5. The van der Waals surface area contributed by atoms with E-state index in [9.17, 15) is 9.59 Å². The van der Waals surface area contributed by atoms with Crippen molar-refractivity contribution in [2.24, 2.45) is 0 Å². The number of hydrogen-bond donors (Lipinski definition) is 0. The van der Waals surface area contributed by atoms with Crippen LogP contribution in [0.5, 0.6) is 11.5 Å². The van der Waals surface area contributed by atoms with Crippen LogP contribution in [0.3, 0.4) is 0 Å². The van der Waals surface area contributed by atoms with E-state index in [0.717, 1.165) is 38.8 Å². The lowest BCUT2D eigenvalue weighted by molar-refractivity contribution is -0.130. The number of ether oxygens (including phenoxy) is 3. The first-order valence-electron chi connectivity index (χ1n) is 11.5. The summed E-state index contributed by atoms with van der Waals surface area (Å²) in [6.07, 6.45) is 4.21. The number of rotatable bonds is 9. The summed E-state index contributed by atoms with van der Waals surface area (Å²) < 4.78 is 22.0. The van der Waals surface area contributed by atoms with Gasteiger partial charge in [0.15, 0.2) is 11.5 Å². The Kier molecular flexibility index (Phi) is 7.49.